The van der Waals surface area contributed by atoms with Crippen LogP contribution in [-0.2, 0) is 11.3 Å². The molecule has 0 aliphatic rings. The fourth-order valence-corrected chi connectivity index (χ4v) is 3.44. The van der Waals surface area contributed by atoms with E-state index in [1.807, 2.05) is 55.5 Å². The summed E-state index contributed by atoms with van der Waals surface area (Å²) in [6.45, 7) is 7.22. The van der Waals surface area contributed by atoms with Gasteiger partial charge in [0, 0.05) is 6.42 Å². The molecule has 7 nitrogen and oxygen atoms in total. The number of hydrogen-bond acceptors (Lipinski definition) is 7. The van der Waals surface area contributed by atoms with Gasteiger partial charge in [-0.1, -0.05) is 30.0 Å². The molecule has 0 saturated heterocycles. The first-order chi connectivity index (χ1) is 14.5. The fraction of sp³-hybridized carbons (Fsp3) is 0.227. The second-order valence-electron chi connectivity index (χ2n) is 6.34. The normalized spacial score (nSPS) is 10.6. The van der Waals surface area contributed by atoms with Crippen LogP contribution in [0, 0.1) is 0 Å². The van der Waals surface area contributed by atoms with Crippen LogP contribution in [0.2, 0.25) is 0 Å². The standard InChI is InChI=1S/C22H24N2O5S/c1-3-27-18-10-6-17(7-11-18)15(2)24-29-13-12-28-19-8-4-16(5-9-19)14-20-21(25)23-22(26)30-20/h4-11,24-25H,2-3,12-14H2,1H3,(H,23,26). The highest BCUT2D eigenvalue weighted by atomic mass is 32.1. The second kappa shape index (κ2) is 10.5. The molecule has 0 fully saturated rings. The van der Waals surface area contributed by atoms with Crippen LogP contribution in [0.1, 0.15) is 22.9 Å². The van der Waals surface area contributed by atoms with Crippen LogP contribution in [0.5, 0.6) is 17.4 Å². The summed E-state index contributed by atoms with van der Waals surface area (Å²) < 4.78 is 11.1. The minimum atomic E-state index is -0.263. The third-order valence-electron chi connectivity index (χ3n) is 4.15. The van der Waals surface area contributed by atoms with Crippen LogP contribution in [0.25, 0.3) is 5.70 Å². The van der Waals surface area contributed by atoms with Crippen LogP contribution in [0.15, 0.2) is 59.9 Å². The van der Waals surface area contributed by atoms with Crippen LogP contribution in [0.4, 0.5) is 0 Å². The smallest absolute Gasteiger partial charge is 0.307 e. The van der Waals surface area contributed by atoms with Gasteiger partial charge in [-0.2, -0.15) is 0 Å². The van der Waals surface area contributed by atoms with Crippen LogP contribution in [0.3, 0.4) is 0 Å². The number of benzene rings is 2. The number of hydrogen-bond donors (Lipinski definition) is 3. The number of aromatic amines is 1. The molecule has 0 bridgehead atoms. The molecule has 1 aromatic heterocycles. The zero-order valence-corrected chi connectivity index (χ0v) is 17.5. The summed E-state index contributed by atoms with van der Waals surface area (Å²) in [6.07, 6.45) is 0.482. The number of ether oxygens (including phenoxy) is 2. The zero-order valence-electron chi connectivity index (χ0n) is 16.6. The maximum absolute atomic E-state index is 11.2. The van der Waals surface area contributed by atoms with Crippen LogP contribution >= 0.6 is 11.3 Å². The topological polar surface area (TPSA) is 92.8 Å². The lowest BCUT2D eigenvalue weighted by molar-refractivity contribution is 0.0541. The van der Waals surface area contributed by atoms with E-state index in [2.05, 4.69) is 17.0 Å². The first kappa shape index (κ1) is 21.5. The first-order valence-corrected chi connectivity index (χ1v) is 10.3. The van der Waals surface area contributed by atoms with Gasteiger partial charge < -0.3 is 14.6 Å². The van der Waals surface area contributed by atoms with Gasteiger partial charge in [-0.25, -0.2) is 0 Å². The van der Waals surface area contributed by atoms with Gasteiger partial charge in [0.05, 0.1) is 17.2 Å². The Kier molecular flexibility index (Phi) is 7.53. The van der Waals surface area contributed by atoms with Gasteiger partial charge in [0.2, 0.25) is 5.88 Å². The predicted molar refractivity (Wildman–Crippen MR) is 117 cm³/mol. The third kappa shape index (κ3) is 6.13. The van der Waals surface area contributed by atoms with E-state index in [0.717, 1.165) is 28.2 Å². The Labute approximate surface area is 178 Å². The number of nitrogens with one attached hydrogen (secondary N) is 2. The van der Waals surface area contributed by atoms with E-state index >= 15 is 0 Å². The Morgan fingerprint density at radius 1 is 1.07 bits per heavy atom. The molecule has 3 aromatic rings. The minimum Gasteiger partial charge on any atom is -0.494 e. The van der Waals surface area contributed by atoms with E-state index in [-0.39, 0.29) is 10.8 Å². The molecule has 0 aliphatic carbocycles. The summed E-state index contributed by atoms with van der Waals surface area (Å²) in [5.41, 5.74) is 5.35. The Bertz CT molecular complexity index is 1010. The Morgan fingerprint density at radius 3 is 2.37 bits per heavy atom. The van der Waals surface area contributed by atoms with Crippen molar-refractivity contribution in [1.29, 1.82) is 0 Å². The summed E-state index contributed by atoms with van der Waals surface area (Å²) in [4.78, 5) is 19.4. The lowest BCUT2D eigenvalue weighted by Gasteiger charge is -2.11. The zero-order chi connectivity index (χ0) is 21.3. The van der Waals surface area contributed by atoms with Gasteiger partial charge in [-0.15, -0.1) is 0 Å². The van der Waals surface area contributed by atoms with E-state index in [1.165, 1.54) is 0 Å². The van der Waals surface area contributed by atoms with E-state index in [4.69, 9.17) is 14.3 Å². The molecule has 1 heterocycles. The quantitative estimate of drug-likeness (QED) is 0.319. The molecule has 0 aliphatic heterocycles. The average molecular weight is 429 g/mol. The molecule has 8 heteroatoms. The largest absolute Gasteiger partial charge is 0.494 e. The lowest BCUT2D eigenvalue weighted by atomic mass is 10.1. The van der Waals surface area contributed by atoms with Crippen molar-refractivity contribution in [1.82, 2.24) is 10.5 Å². The van der Waals surface area contributed by atoms with Gasteiger partial charge in [-0.3, -0.25) is 20.1 Å². The minimum absolute atomic E-state index is 0.0678. The molecular weight excluding hydrogens is 404 g/mol. The van der Waals surface area contributed by atoms with Gasteiger partial charge in [0.15, 0.2) is 0 Å². The SMILES string of the molecule is C=C(NOCCOc1ccc(Cc2sc(=O)[nH]c2O)cc1)c1ccc(OCC)cc1. The van der Waals surface area contributed by atoms with Crippen LogP contribution in [-0.4, -0.2) is 29.9 Å². The Hall–Kier alpha value is -3.23. The summed E-state index contributed by atoms with van der Waals surface area (Å²) in [6, 6.07) is 15.1. The number of thiazole rings is 1. The van der Waals surface area contributed by atoms with Gasteiger partial charge in [-0.05, 0) is 54.4 Å². The van der Waals surface area contributed by atoms with Crippen molar-refractivity contribution in [3.05, 3.63) is 80.8 Å². The molecule has 0 amide bonds. The van der Waals surface area contributed by atoms with Gasteiger partial charge in [0.25, 0.3) is 0 Å². The molecule has 2 aromatic carbocycles. The van der Waals surface area contributed by atoms with E-state index < -0.39 is 0 Å². The predicted octanol–water partition coefficient (Wildman–Crippen LogP) is 3.70. The highest BCUT2D eigenvalue weighted by Gasteiger charge is 2.07. The monoisotopic (exact) mass is 428 g/mol. The van der Waals surface area contributed by atoms with Crippen molar-refractivity contribution in [3.63, 3.8) is 0 Å². The molecule has 3 N–H and O–H groups in total. The van der Waals surface area contributed by atoms with E-state index in [0.29, 0.717) is 42.6 Å². The molecule has 30 heavy (non-hydrogen) atoms. The summed E-state index contributed by atoms with van der Waals surface area (Å²) in [5.74, 6) is 1.45. The van der Waals surface area contributed by atoms with Gasteiger partial charge in [0.1, 0.15) is 24.7 Å². The Balaban J connectivity index is 1.37. The highest BCUT2D eigenvalue weighted by molar-refractivity contribution is 7.09. The molecule has 0 unspecified atom stereocenters. The molecule has 0 radical (unpaired) electrons. The third-order valence-corrected chi connectivity index (χ3v) is 5.02. The molecule has 0 saturated carbocycles. The molecule has 158 valence electrons. The number of hydroxylamine groups is 1. The van der Waals surface area contributed by atoms with Crippen LogP contribution < -0.4 is 19.8 Å². The van der Waals surface area contributed by atoms with Crippen molar-refractivity contribution >= 4 is 17.0 Å². The summed E-state index contributed by atoms with van der Waals surface area (Å²) >= 11 is 1.01. The number of aromatic hydroxyl groups is 1. The van der Waals surface area contributed by atoms with E-state index in [9.17, 15) is 9.90 Å². The van der Waals surface area contributed by atoms with Crippen molar-refractivity contribution in [2.45, 2.75) is 13.3 Å². The number of rotatable bonds is 11. The number of H-pyrrole nitrogens is 1. The fourth-order valence-electron chi connectivity index (χ4n) is 2.68. The first-order valence-electron chi connectivity index (χ1n) is 9.47. The second-order valence-corrected chi connectivity index (χ2v) is 7.41. The molecule has 0 spiro atoms. The summed E-state index contributed by atoms with van der Waals surface area (Å²) in [5, 5.41) is 9.66. The van der Waals surface area contributed by atoms with Crippen molar-refractivity contribution in [2.24, 2.45) is 0 Å². The molecular formula is C22H24N2O5S. The molecule has 3 rings (SSSR count). The average Bonchev–Trinajstić information content (AvgIpc) is 3.06. The molecule has 0 atom stereocenters. The maximum Gasteiger partial charge on any atom is 0.307 e. The highest BCUT2D eigenvalue weighted by Crippen LogP contribution is 2.22. The van der Waals surface area contributed by atoms with Crippen molar-refractivity contribution in [3.8, 4) is 17.4 Å². The Morgan fingerprint density at radius 2 is 1.73 bits per heavy atom. The van der Waals surface area contributed by atoms with E-state index in [1.54, 1.807) is 0 Å². The maximum atomic E-state index is 11.2. The van der Waals surface area contributed by atoms with Gasteiger partial charge >= 0.3 is 4.87 Å². The van der Waals surface area contributed by atoms with Crippen molar-refractivity contribution in [2.75, 3.05) is 19.8 Å². The lowest BCUT2D eigenvalue weighted by Crippen LogP contribution is -2.17. The summed E-state index contributed by atoms with van der Waals surface area (Å²) in [7, 11) is 0. The van der Waals surface area contributed by atoms with Crippen molar-refractivity contribution < 1.29 is 19.4 Å². The number of aromatic nitrogens is 1.